The Morgan fingerprint density at radius 2 is 1.93 bits per heavy atom. The van der Waals surface area contributed by atoms with Crippen LogP contribution in [-0.4, -0.2) is 30.9 Å². The summed E-state index contributed by atoms with van der Waals surface area (Å²) in [7, 11) is 1.27. The summed E-state index contributed by atoms with van der Waals surface area (Å²) in [6.45, 7) is 5.54. The van der Waals surface area contributed by atoms with Crippen LogP contribution in [0.4, 0.5) is 5.69 Å². The maximum absolute atomic E-state index is 13.8. The number of rotatable bonds is 3. The topological polar surface area (TPSA) is 83.5 Å². The Balaban J connectivity index is 2.05. The van der Waals surface area contributed by atoms with Gasteiger partial charge in [-0.15, -0.1) is 0 Å². The highest BCUT2D eigenvalue weighted by molar-refractivity contribution is 5.99. The van der Waals surface area contributed by atoms with Crippen molar-refractivity contribution in [2.75, 3.05) is 12.0 Å². The molecular weight excluding hydrogens is 380 g/mol. The average Bonchev–Trinajstić information content (AvgIpc) is 3.36. The van der Waals surface area contributed by atoms with Crippen LogP contribution in [0.2, 0.25) is 0 Å². The Morgan fingerprint density at radius 3 is 2.53 bits per heavy atom. The van der Waals surface area contributed by atoms with Crippen molar-refractivity contribution >= 4 is 23.5 Å². The Labute approximate surface area is 175 Å². The third-order valence-electron chi connectivity index (χ3n) is 6.11. The maximum atomic E-state index is 13.8. The van der Waals surface area contributed by atoms with Gasteiger partial charge in [-0.05, 0) is 23.8 Å². The molecule has 1 aromatic heterocycles. The number of esters is 1. The number of fused-ring (bicyclic) bond motifs is 3. The zero-order valence-corrected chi connectivity index (χ0v) is 17.5. The molecule has 6 nitrogen and oxygen atoms in total. The second kappa shape index (κ2) is 6.88. The normalized spacial score (nSPS) is 27.2. The summed E-state index contributed by atoms with van der Waals surface area (Å²) in [5, 5.41) is 10.4. The van der Waals surface area contributed by atoms with Crippen LogP contribution in [-0.2, 0) is 14.3 Å². The summed E-state index contributed by atoms with van der Waals surface area (Å²) in [6.07, 6.45) is 5.22. The van der Waals surface area contributed by atoms with E-state index in [4.69, 9.17) is 9.15 Å². The summed E-state index contributed by atoms with van der Waals surface area (Å²) in [5.41, 5.74) is -0.595. The molecule has 2 aromatic rings. The lowest BCUT2D eigenvalue weighted by Crippen LogP contribution is -2.48. The molecule has 2 aliphatic heterocycles. The first-order valence-corrected chi connectivity index (χ1v) is 9.90. The molecule has 4 rings (SSSR count). The van der Waals surface area contributed by atoms with Gasteiger partial charge in [-0.3, -0.25) is 9.59 Å². The monoisotopic (exact) mass is 404 g/mol. The van der Waals surface area contributed by atoms with Gasteiger partial charge in [0.2, 0.25) is 0 Å². The van der Waals surface area contributed by atoms with Crippen molar-refractivity contribution in [2.45, 2.75) is 38.8 Å². The molecule has 4 atom stereocenters. The van der Waals surface area contributed by atoms with E-state index in [0.29, 0.717) is 5.76 Å². The molecular formula is C24H24N2O4. The second-order valence-electron chi connectivity index (χ2n) is 8.79. The number of benzene rings is 1. The molecule has 1 saturated heterocycles. The Bertz CT molecular complexity index is 1060. The fraction of sp³-hybridized carbons (Fsp3) is 0.375. The zero-order valence-electron chi connectivity index (χ0n) is 17.5. The number of ether oxygens (including phenoxy) is 1. The summed E-state index contributed by atoms with van der Waals surface area (Å²) < 4.78 is 10.8. The highest BCUT2D eigenvalue weighted by Gasteiger charge is 2.68. The van der Waals surface area contributed by atoms with E-state index in [2.05, 4.69) is 6.07 Å². The van der Waals surface area contributed by atoms with Crippen molar-refractivity contribution in [3.8, 4) is 6.07 Å². The van der Waals surface area contributed by atoms with Crippen LogP contribution in [0, 0.1) is 22.2 Å². The Morgan fingerprint density at radius 1 is 1.20 bits per heavy atom. The van der Waals surface area contributed by atoms with Crippen LogP contribution in [0.25, 0.3) is 6.08 Å². The van der Waals surface area contributed by atoms with Crippen LogP contribution in [0.1, 0.15) is 38.0 Å². The van der Waals surface area contributed by atoms with Crippen molar-refractivity contribution in [3.63, 3.8) is 0 Å². The van der Waals surface area contributed by atoms with Gasteiger partial charge in [-0.2, -0.15) is 5.26 Å². The van der Waals surface area contributed by atoms with E-state index in [1.165, 1.54) is 13.4 Å². The smallest absolute Gasteiger partial charge is 0.329 e. The lowest BCUT2D eigenvalue weighted by Gasteiger charge is -2.37. The number of hydrogen-bond donors (Lipinski definition) is 0. The van der Waals surface area contributed by atoms with Gasteiger partial charge in [0.05, 0.1) is 31.4 Å². The van der Waals surface area contributed by atoms with E-state index in [-0.39, 0.29) is 5.78 Å². The molecule has 1 aromatic carbocycles. The molecule has 3 heterocycles. The number of carbonyl (C=O) groups is 2. The quantitative estimate of drug-likeness (QED) is 0.721. The van der Waals surface area contributed by atoms with Crippen molar-refractivity contribution in [1.29, 1.82) is 5.26 Å². The zero-order chi connectivity index (χ0) is 21.7. The van der Waals surface area contributed by atoms with Crippen LogP contribution < -0.4 is 4.90 Å². The van der Waals surface area contributed by atoms with Gasteiger partial charge in [0.25, 0.3) is 0 Å². The van der Waals surface area contributed by atoms with Crippen molar-refractivity contribution in [3.05, 3.63) is 60.1 Å². The highest BCUT2D eigenvalue weighted by atomic mass is 16.5. The van der Waals surface area contributed by atoms with Crippen LogP contribution >= 0.6 is 0 Å². The van der Waals surface area contributed by atoms with E-state index in [9.17, 15) is 14.9 Å². The second-order valence-corrected chi connectivity index (χ2v) is 8.79. The standard InChI is InChI=1S/C24H24N2O4/c1-23(2,3)21(27)20-19(17-10-7-13-30-17)24(14-25,22(28)29-4)18-12-11-15-8-5-6-9-16(15)26(18)20/h5-13,18-20H,1-4H3/t18-,19-,20+,24-/m1/s1. The van der Waals surface area contributed by atoms with Gasteiger partial charge in [0, 0.05) is 11.1 Å². The summed E-state index contributed by atoms with van der Waals surface area (Å²) in [5.74, 6) is -1.14. The molecule has 2 aliphatic rings. The molecule has 0 N–H and O–H groups in total. The number of ketones is 1. The fourth-order valence-corrected chi connectivity index (χ4v) is 4.76. The number of para-hydroxylation sites is 1. The third-order valence-corrected chi connectivity index (χ3v) is 6.11. The predicted octanol–water partition coefficient (Wildman–Crippen LogP) is 3.95. The summed E-state index contributed by atoms with van der Waals surface area (Å²) in [4.78, 5) is 28.9. The fourth-order valence-electron chi connectivity index (χ4n) is 4.76. The predicted molar refractivity (Wildman–Crippen MR) is 112 cm³/mol. The molecule has 0 bridgehead atoms. The molecule has 30 heavy (non-hydrogen) atoms. The number of methoxy groups -OCH3 is 1. The number of nitrogens with zero attached hydrogens (tertiary/aromatic N) is 2. The van der Waals surface area contributed by atoms with Gasteiger partial charge in [0.15, 0.2) is 11.2 Å². The summed E-state index contributed by atoms with van der Waals surface area (Å²) in [6, 6.07) is 11.9. The lowest BCUT2D eigenvalue weighted by atomic mass is 9.68. The van der Waals surface area contributed by atoms with Gasteiger partial charge < -0.3 is 14.1 Å². The van der Waals surface area contributed by atoms with Gasteiger partial charge >= 0.3 is 5.97 Å². The number of carbonyl (C=O) groups excluding carboxylic acids is 2. The first-order valence-electron chi connectivity index (χ1n) is 9.90. The van der Waals surface area contributed by atoms with E-state index in [0.717, 1.165) is 11.3 Å². The van der Waals surface area contributed by atoms with Crippen LogP contribution in [0.3, 0.4) is 0 Å². The Hall–Kier alpha value is -3.33. The van der Waals surface area contributed by atoms with E-state index < -0.39 is 34.8 Å². The number of furan rings is 1. The molecule has 0 saturated carbocycles. The first kappa shape index (κ1) is 20.0. The molecule has 0 radical (unpaired) electrons. The SMILES string of the molecule is COC(=O)[C@@]1(C#N)[C@H](c2ccco2)[C@@H](C(=O)C(C)(C)C)N2c3ccccc3C=C[C@@H]21. The van der Waals surface area contributed by atoms with Crippen LogP contribution in [0.15, 0.2) is 53.2 Å². The lowest BCUT2D eigenvalue weighted by molar-refractivity contribution is -0.150. The Kier molecular flexibility index (Phi) is 4.58. The number of anilines is 1. The van der Waals surface area contributed by atoms with E-state index >= 15 is 0 Å². The van der Waals surface area contributed by atoms with Crippen molar-refractivity contribution in [1.82, 2.24) is 0 Å². The van der Waals surface area contributed by atoms with Crippen LogP contribution in [0.5, 0.6) is 0 Å². The first-order chi connectivity index (χ1) is 14.3. The summed E-state index contributed by atoms with van der Waals surface area (Å²) >= 11 is 0. The molecule has 154 valence electrons. The van der Waals surface area contributed by atoms with Crippen molar-refractivity contribution < 1.29 is 18.7 Å². The van der Waals surface area contributed by atoms with Gasteiger partial charge in [-0.25, -0.2) is 0 Å². The number of nitriles is 1. The maximum Gasteiger partial charge on any atom is 0.329 e. The van der Waals surface area contributed by atoms with Gasteiger partial charge in [0.1, 0.15) is 11.8 Å². The minimum atomic E-state index is -1.64. The number of Topliss-reactive ketones (excluding diaryl/α,β-unsaturated/α-hetero) is 1. The minimum absolute atomic E-state index is 0.0694. The molecule has 1 fully saturated rings. The molecule has 0 aliphatic carbocycles. The molecule has 0 unspecified atom stereocenters. The third kappa shape index (κ3) is 2.62. The highest BCUT2D eigenvalue weighted by Crippen LogP contribution is 2.56. The van der Waals surface area contributed by atoms with E-state index in [1.807, 2.05) is 62.1 Å². The molecule has 0 amide bonds. The van der Waals surface area contributed by atoms with Gasteiger partial charge in [-0.1, -0.05) is 51.1 Å². The minimum Gasteiger partial charge on any atom is -0.469 e. The number of hydrogen-bond acceptors (Lipinski definition) is 6. The largest absolute Gasteiger partial charge is 0.469 e. The molecule has 0 spiro atoms. The molecule has 6 heteroatoms. The average molecular weight is 404 g/mol. The van der Waals surface area contributed by atoms with Crippen molar-refractivity contribution in [2.24, 2.45) is 10.8 Å². The van der Waals surface area contributed by atoms with E-state index in [1.54, 1.807) is 12.1 Å².